The van der Waals surface area contributed by atoms with Gasteiger partial charge in [-0.3, -0.25) is 9.36 Å². The predicted octanol–water partition coefficient (Wildman–Crippen LogP) is 12.9. The molecule has 0 aliphatic rings. The Bertz CT molecular complexity index is 1030. The third-order valence-electron chi connectivity index (χ3n) is 10.3. The molecule has 0 saturated heterocycles. The minimum absolute atomic E-state index is 0.0443. The highest BCUT2D eigenvalue weighted by molar-refractivity contribution is 7.45. The van der Waals surface area contributed by atoms with E-state index in [4.69, 9.17) is 18.5 Å². The highest BCUT2D eigenvalue weighted by Gasteiger charge is 2.21. The van der Waals surface area contributed by atoms with Gasteiger partial charge >= 0.3 is 11.9 Å². The lowest BCUT2D eigenvalue weighted by atomic mass is 10.0. The first-order valence-corrected chi connectivity index (χ1v) is 25.0. The molecule has 0 aromatic rings. The van der Waals surface area contributed by atoms with Gasteiger partial charge in [0.2, 0.25) is 0 Å². The maximum absolute atomic E-state index is 12.6. The Kier molecular flexibility index (Phi) is 38.9. The Balaban J connectivity index is 4.36. The molecular weight excluding hydrogens is 737 g/mol. The summed E-state index contributed by atoms with van der Waals surface area (Å²) in [5, 5.41) is 0. The number of allylic oxidation sites excluding steroid dienone is 3. The van der Waals surface area contributed by atoms with E-state index in [2.05, 4.69) is 13.8 Å². The fraction of sp³-hybridized carbons (Fsp3) is 0.872. The SMILES string of the molecule is CCCCCCCCCCCCC/C=C/C=C/C(=O)O[C@H](COC(=O)CCCCCCCCCCCCCCCCCCCC)COP(=O)([O-])OCC[N+](C)(C)C. The van der Waals surface area contributed by atoms with E-state index in [-0.39, 0.29) is 19.6 Å². The summed E-state index contributed by atoms with van der Waals surface area (Å²) in [5.74, 6) is -1.08. The Morgan fingerprint density at radius 1 is 0.579 bits per heavy atom. The molecule has 0 rings (SSSR count). The molecule has 2 atom stereocenters. The molecule has 10 heteroatoms. The molecule has 0 aromatic heterocycles. The van der Waals surface area contributed by atoms with Crippen molar-refractivity contribution in [1.82, 2.24) is 0 Å². The number of hydrogen-bond acceptors (Lipinski definition) is 8. The first kappa shape index (κ1) is 55.5. The maximum atomic E-state index is 12.6. The molecule has 0 aliphatic heterocycles. The van der Waals surface area contributed by atoms with Gasteiger partial charge in [-0.2, -0.15) is 0 Å². The zero-order valence-corrected chi connectivity index (χ0v) is 38.7. The number of carbonyl (C=O) groups is 2. The summed E-state index contributed by atoms with van der Waals surface area (Å²) >= 11 is 0. The summed E-state index contributed by atoms with van der Waals surface area (Å²) < 4.78 is 33.7. The summed E-state index contributed by atoms with van der Waals surface area (Å²) in [7, 11) is 1.12. The molecule has 57 heavy (non-hydrogen) atoms. The molecule has 0 bridgehead atoms. The van der Waals surface area contributed by atoms with Crippen LogP contribution in [0.4, 0.5) is 0 Å². The first-order chi connectivity index (χ1) is 27.5. The van der Waals surface area contributed by atoms with Crippen LogP contribution in [0.1, 0.15) is 213 Å². The van der Waals surface area contributed by atoms with Crippen LogP contribution >= 0.6 is 7.82 Å². The zero-order valence-electron chi connectivity index (χ0n) is 37.8. The van der Waals surface area contributed by atoms with E-state index in [0.29, 0.717) is 11.0 Å². The highest BCUT2D eigenvalue weighted by Crippen LogP contribution is 2.38. The van der Waals surface area contributed by atoms with Gasteiger partial charge in [0, 0.05) is 12.5 Å². The van der Waals surface area contributed by atoms with Gasteiger partial charge in [0.15, 0.2) is 6.10 Å². The van der Waals surface area contributed by atoms with E-state index in [1.54, 1.807) is 6.08 Å². The number of hydrogen-bond donors (Lipinski definition) is 0. The van der Waals surface area contributed by atoms with Gasteiger partial charge < -0.3 is 27.9 Å². The fourth-order valence-electron chi connectivity index (χ4n) is 6.62. The Labute approximate surface area is 351 Å². The van der Waals surface area contributed by atoms with E-state index >= 15 is 0 Å². The van der Waals surface area contributed by atoms with Crippen LogP contribution in [0.15, 0.2) is 24.3 Å². The number of nitrogens with zero attached hydrogens (tertiary/aromatic N) is 1. The molecule has 0 spiro atoms. The molecule has 336 valence electrons. The van der Waals surface area contributed by atoms with Gasteiger partial charge in [-0.15, -0.1) is 0 Å². The molecule has 0 fully saturated rings. The van der Waals surface area contributed by atoms with Crippen LogP contribution in [-0.2, 0) is 32.7 Å². The van der Waals surface area contributed by atoms with Crippen LogP contribution in [-0.4, -0.2) is 70.0 Å². The normalized spacial score (nSPS) is 13.7. The second-order valence-corrected chi connectivity index (χ2v) is 18.6. The van der Waals surface area contributed by atoms with Crippen molar-refractivity contribution in [3.8, 4) is 0 Å². The summed E-state index contributed by atoms with van der Waals surface area (Å²) in [6, 6.07) is 0. The van der Waals surface area contributed by atoms with Crippen LogP contribution in [0, 0.1) is 0 Å². The van der Waals surface area contributed by atoms with Crippen LogP contribution < -0.4 is 4.89 Å². The quantitative estimate of drug-likeness (QED) is 0.0149. The van der Waals surface area contributed by atoms with Crippen molar-refractivity contribution in [2.75, 3.05) is 47.5 Å². The number of phosphoric ester groups is 1. The van der Waals surface area contributed by atoms with Gasteiger partial charge in [0.1, 0.15) is 19.8 Å². The summed E-state index contributed by atoms with van der Waals surface area (Å²) in [6.45, 7) is 4.13. The predicted molar refractivity (Wildman–Crippen MR) is 236 cm³/mol. The van der Waals surface area contributed by atoms with E-state index in [1.165, 1.54) is 167 Å². The molecule has 0 aromatic carbocycles. The van der Waals surface area contributed by atoms with E-state index in [0.717, 1.165) is 32.1 Å². The minimum Gasteiger partial charge on any atom is -0.756 e. The Morgan fingerprint density at radius 3 is 1.44 bits per heavy atom. The van der Waals surface area contributed by atoms with Gasteiger partial charge in [-0.1, -0.05) is 205 Å². The lowest BCUT2D eigenvalue weighted by molar-refractivity contribution is -0.870. The van der Waals surface area contributed by atoms with Crippen LogP contribution in [0.3, 0.4) is 0 Å². The second-order valence-electron chi connectivity index (χ2n) is 17.2. The molecule has 0 radical (unpaired) electrons. The van der Waals surface area contributed by atoms with Gasteiger partial charge in [-0.05, 0) is 19.3 Å². The molecule has 1 unspecified atom stereocenters. The Morgan fingerprint density at radius 2 is 1.00 bits per heavy atom. The number of likely N-dealkylation sites (N-methyl/N-ethyl adjacent to an activating group) is 1. The third kappa shape index (κ3) is 43.9. The molecule has 9 nitrogen and oxygen atoms in total. The lowest BCUT2D eigenvalue weighted by Gasteiger charge is -2.28. The number of phosphoric acid groups is 1. The van der Waals surface area contributed by atoms with Crippen LogP contribution in [0.5, 0.6) is 0 Å². The summed E-state index contributed by atoms with van der Waals surface area (Å²) in [5.41, 5.74) is 0. The lowest BCUT2D eigenvalue weighted by Crippen LogP contribution is -2.37. The van der Waals surface area contributed by atoms with Crippen molar-refractivity contribution in [2.45, 2.75) is 219 Å². The fourth-order valence-corrected chi connectivity index (χ4v) is 7.35. The topological polar surface area (TPSA) is 111 Å². The number of rotatable bonds is 43. The number of quaternary nitrogens is 1. The van der Waals surface area contributed by atoms with Crippen molar-refractivity contribution in [3.05, 3.63) is 24.3 Å². The van der Waals surface area contributed by atoms with E-state index in [1.807, 2.05) is 33.3 Å². The molecule has 0 amide bonds. The van der Waals surface area contributed by atoms with E-state index in [9.17, 15) is 19.0 Å². The van der Waals surface area contributed by atoms with Crippen molar-refractivity contribution in [3.63, 3.8) is 0 Å². The average Bonchev–Trinajstić information content (AvgIpc) is 3.16. The Hall–Kier alpha value is -1.51. The largest absolute Gasteiger partial charge is 0.756 e. The monoisotopic (exact) mass is 828 g/mol. The number of unbranched alkanes of at least 4 members (excludes halogenated alkanes) is 28. The zero-order chi connectivity index (χ0) is 42.1. The van der Waals surface area contributed by atoms with Crippen molar-refractivity contribution in [2.24, 2.45) is 0 Å². The van der Waals surface area contributed by atoms with Crippen LogP contribution in [0.2, 0.25) is 0 Å². The van der Waals surface area contributed by atoms with Crippen molar-refractivity contribution >= 4 is 19.8 Å². The summed E-state index contributed by atoms with van der Waals surface area (Å²) in [4.78, 5) is 37.4. The molecule has 0 N–H and O–H groups in total. The molecule has 0 heterocycles. The molecular formula is C47H90NO8P. The number of ether oxygens (including phenoxy) is 2. The minimum atomic E-state index is -4.65. The molecule has 0 saturated carbocycles. The number of esters is 2. The maximum Gasteiger partial charge on any atom is 0.331 e. The van der Waals surface area contributed by atoms with E-state index < -0.39 is 32.5 Å². The average molecular weight is 828 g/mol. The standard InChI is InChI=1S/C47H90NO8P/c1-6-8-10-12-14-16-18-20-22-23-24-26-27-29-31-33-35-37-39-46(49)53-43-45(44-55-57(51,52)54-42-41-48(3,4)5)56-47(50)40-38-36-34-32-30-28-25-21-19-17-15-13-11-9-7-2/h34,36,38,40,45H,6-33,35,37,39,41-44H2,1-5H3/b36-34+,40-38+/t45-/m1/s1. The van der Waals surface area contributed by atoms with Crippen molar-refractivity contribution in [1.29, 1.82) is 0 Å². The van der Waals surface area contributed by atoms with Gasteiger partial charge in [0.25, 0.3) is 7.82 Å². The van der Waals surface area contributed by atoms with Crippen molar-refractivity contribution < 1.29 is 42.1 Å². The number of carbonyl (C=O) groups excluding carboxylic acids is 2. The third-order valence-corrected chi connectivity index (χ3v) is 11.3. The second kappa shape index (κ2) is 39.9. The molecule has 0 aliphatic carbocycles. The van der Waals surface area contributed by atoms with Crippen LogP contribution in [0.25, 0.3) is 0 Å². The van der Waals surface area contributed by atoms with Gasteiger partial charge in [0.05, 0.1) is 27.7 Å². The highest BCUT2D eigenvalue weighted by atomic mass is 31.2. The first-order valence-electron chi connectivity index (χ1n) is 23.6. The smallest absolute Gasteiger partial charge is 0.331 e. The summed E-state index contributed by atoms with van der Waals surface area (Å²) in [6.07, 6.45) is 44.1. The van der Waals surface area contributed by atoms with Gasteiger partial charge in [-0.25, -0.2) is 4.79 Å².